The molecule has 2 aromatic rings. The highest BCUT2D eigenvalue weighted by molar-refractivity contribution is 7.15. The Bertz CT molecular complexity index is 545. The van der Waals surface area contributed by atoms with Crippen LogP contribution >= 0.6 is 11.3 Å². The maximum Gasteiger partial charge on any atom is 0.443 e. The summed E-state index contributed by atoms with van der Waals surface area (Å²) in [5.74, 6) is 0.617. The van der Waals surface area contributed by atoms with E-state index in [1.54, 1.807) is 6.07 Å². The van der Waals surface area contributed by atoms with Crippen molar-refractivity contribution in [3.63, 3.8) is 0 Å². The van der Waals surface area contributed by atoms with Crippen LogP contribution in [0.4, 0.5) is 13.2 Å². The molecule has 3 nitrogen and oxygen atoms in total. The zero-order chi connectivity index (χ0) is 14.0. The van der Waals surface area contributed by atoms with Crippen LogP contribution in [0.15, 0.2) is 22.9 Å². The van der Waals surface area contributed by atoms with Gasteiger partial charge in [-0.15, -0.1) is 11.3 Å². The van der Waals surface area contributed by atoms with Crippen LogP contribution in [0.5, 0.6) is 0 Å². The average molecular weight is 290 g/mol. The zero-order valence-electron chi connectivity index (χ0n) is 10.4. The van der Waals surface area contributed by atoms with Gasteiger partial charge >= 0.3 is 6.18 Å². The van der Waals surface area contributed by atoms with Crippen LogP contribution in [-0.2, 0) is 12.7 Å². The third-order valence-corrected chi connectivity index (χ3v) is 3.51. The Balaban J connectivity index is 2.23. The number of rotatable bonds is 4. The molecule has 0 aliphatic heterocycles. The smallest absolute Gasteiger partial charge is 0.443 e. The SMILES string of the molecule is CC(C)NCc1occc1-c1cnc(C(F)(F)F)s1. The minimum absolute atomic E-state index is 0.269. The number of furan rings is 1. The molecule has 0 saturated carbocycles. The lowest BCUT2D eigenvalue weighted by molar-refractivity contribution is -0.137. The van der Waals surface area contributed by atoms with Crippen molar-refractivity contribution in [2.45, 2.75) is 32.6 Å². The molecule has 0 aliphatic carbocycles. The lowest BCUT2D eigenvalue weighted by Crippen LogP contribution is -2.21. The van der Waals surface area contributed by atoms with Crippen molar-refractivity contribution >= 4 is 11.3 Å². The molecule has 0 bridgehead atoms. The lowest BCUT2D eigenvalue weighted by atomic mass is 10.2. The molecule has 2 heterocycles. The maximum atomic E-state index is 12.5. The van der Waals surface area contributed by atoms with Gasteiger partial charge in [0.1, 0.15) is 5.76 Å². The molecule has 0 spiro atoms. The molecule has 0 saturated heterocycles. The number of hydrogen-bond donors (Lipinski definition) is 1. The van der Waals surface area contributed by atoms with E-state index in [1.807, 2.05) is 13.8 Å². The summed E-state index contributed by atoms with van der Waals surface area (Å²) in [6, 6.07) is 1.93. The van der Waals surface area contributed by atoms with Crippen molar-refractivity contribution in [1.29, 1.82) is 0 Å². The van der Waals surface area contributed by atoms with Crippen molar-refractivity contribution < 1.29 is 17.6 Å². The first-order valence-electron chi connectivity index (χ1n) is 5.71. The first-order chi connectivity index (χ1) is 8.88. The Labute approximate surface area is 112 Å². The van der Waals surface area contributed by atoms with Crippen molar-refractivity contribution in [2.24, 2.45) is 0 Å². The fraction of sp³-hybridized carbons (Fsp3) is 0.417. The number of nitrogens with one attached hydrogen (secondary N) is 1. The van der Waals surface area contributed by atoms with Gasteiger partial charge in [-0.25, -0.2) is 4.98 Å². The predicted molar refractivity (Wildman–Crippen MR) is 66.8 cm³/mol. The van der Waals surface area contributed by atoms with Gasteiger partial charge in [-0.2, -0.15) is 13.2 Å². The summed E-state index contributed by atoms with van der Waals surface area (Å²) in [6.07, 6.45) is -1.69. The highest BCUT2D eigenvalue weighted by atomic mass is 32.1. The highest BCUT2D eigenvalue weighted by Gasteiger charge is 2.34. The maximum absolute atomic E-state index is 12.5. The second kappa shape index (κ2) is 5.34. The Morgan fingerprint density at radius 1 is 1.42 bits per heavy atom. The molecule has 0 fully saturated rings. The second-order valence-corrected chi connectivity index (χ2v) is 5.35. The lowest BCUT2D eigenvalue weighted by Gasteiger charge is -2.06. The number of aromatic nitrogens is 1. The normalized spacial score (nSPS) is 12.3. The monoisotopic (exact) mass is 290 g/mol. The summed E-state index contributed by atoms with van der Waals surface area (Å²) in [6.45, 7) is 4.44. The molecule has 0 amide bonds. The molecular formula is C12H13F3N2OS. The van der Waals surface area contributed by atoms with E-state index in [0.717, 1.165) is 0 Å². The summed E-state index contributed by atoms with van der Waals surface area (Å²) in [7, 11) is 0. The van der Waals surface area contributed by atoms with E-state index in [4.69, 9.17) is 4.42 Å². The molecule has 0 radical (unpaired) electrons. The molecule has 0 aliphatic rings. The number of alkyl halides is 3. The fourth-order valence-corrected chi connectivity index (χ4v) is 2.35. The summed E-state index contributed by atoms with van der Waals surface area (Å²) in [5, 5.41) is 2.32. The number of nitrogens with zero attached hydrogens (tertiary/aromatic N) is 1. The Morgan fingerprint density at radius 3 is 2.74 bits per heavy atom. The Morgan fingerprint density at radius 2 is 2.16 bits per heavy atom. The van der Waals surface area contributed by atoms with Gasteiger partial charge in [0.05, 0.1) is 17.7 Å². The van der Waals surface area contributed by atoms with Gasteiger partial charge in [0, 0.05) is 17.8 Å². The first-order valence-corrected chi connectivity index (χ1v) is 6.52. The molecule has 2 aromatic heterocycles. The standard InChI is InChI=1S/C12H13F3N2OS/c1-7(2)16-5-9-8(3-4-18-9)10-6-17-11(19-10)12(13,14)15/h3-4,6-7,16H,5H2,1-2H3. The zero-order valence-corrected chi connectivity index (χ0v) is 11.2. The largest absolute Gasteiger partial charge is 0.467 e. The highest BCUT2D eigenvalue weighted by Crippen LogP contribution is 2.37. The molecule has 19 heavy (non-hydrogen) atoms. The number of halogens is 3. The van der Waals surface area contributed by atoms with Gasteiger partial charge < -0.3 is 9.73 Å². The van der Waals surface area contributed by atoms with Crippen molar-refractivity contribution in [1.82, 2.24) is 10.3 Å². The van der Waals surface area contributed by atoms with Gasteiger partial charge in [-0.1, -0.05) is 13.8 Å². The quantitative estimate of drug-likeness (QED) is 0.927. The summed E-state index contributed by atoms with van der Waals surface area (Å²) in [4.78, 5) is 3.87. The third kappa shape index (κ3) is 3.36. The molecular weight excluding hydrogens is 277 g/mol. The molecule has 0 unspecified atom stereocenters. The van der Waals surface area contributed by atoms with Crippen LogP contribution < -0.4 is 5.32 Å². The van der Waals surface area contributed by atoms with E-state index < -0.39 is 11.2 Å². The van der Waals surface area contributed by atoms with Gasteiger partial charge in [0.2, 0.25) is 0 Å². The van der Waals surface area contributed by atoms with E-state index in [-0.39, 0.29) is 6.04 Å². The molecule has 7 heteroatoms. The Hall–Kier alpha value is -1.34. The topological polar surface area (TPSA) is 38.1 Å². The molecule has 1 N–H and O–H groups in total. The van der Waals surface area contributed by atoms with E-state index in [9.17, 15) is 13.2 Å². The van der Waals surface area contributed by atoms with Crippen molar-refractivity contribution in [3.05, 3.63) is 29.3 Å². The molecule has 104 valence electrons. The molecule has 0 atom stereocenters. The number of thiazole rings is 1. The van der Waals surface area contributed by atoms with E-state index in [2.05, 4.69) is 10.3 Å². The fourth-order valence-electron chi connectivity index (χ4n) is 1.52. The van der Waals surface area contributed by atoms with Crippen molar-refractivity contribution in [3.8, 4) is 10.4 Å². The van der Waals surface area contributed by atoms with Gasteiger partial charge in [0.25, 0.3) is 0 Å². The van der Waals surface area contributed by atoms with Gasteiger partial charge in [0.15, 0.2) is 5.01 Å². The van der Waals surface area contributed by atoms with E-state index in [0.29, 0.717) is 34.1 Å². The summed E-state index contributed by atoms with van der Waals surface area (Å²) < 4.78 is 42.8. The minimum Gasteiger partial charge on any atom is -0.467 e. The van der Waals surface area contributed by atoms with E-state index in [1.165, 1.54) is 12.5 Å². The van der Waals surface area contributed by atoms with Crippen LogP contribution in [0.3, 0.4) is 0 Å². The summed E-state index contributed by atoms with van der Waals surface area (Å²) in [5.41, 5.74) is 0.654. The van der Waals surface area contributed by atoms with Crippen LogP contribution in [0, 0.1) is 0 Å². The van der Waals surface area contributed by atoms with Crippen LogP contribution in [0.25, 0.3) is 10.4 Å². The minimum atomic E-state index is -4.40. The number of hydrogen-bond acceptors (Lipinski definition) is 4. The van der Waals surface area contributed by atoms with Gasteiger partial charge in [-0.05, 0) is 6.07 Å². The molecule has 0 aromatic carbocycles. The predicted octanol–water partition coefficient (Wildman–Crippen LogP) is 3.92. The second-order valence-electron chi connectivity index (χ2n) is 4.32. The summed E-state index contributed by atoms with van der Waals surface area (Å²) >= 11 is 0.622. The van der Waals surface area contributed by atoms with Crippen LogP contribution in [-0.4, -0.2) is 11.0 Å². The van der Waals surface area contributed by atoms with Crippen LogP contribution in [0.1, 0.15) is 24.6 Å². The van der Waals surface area contributed by atoms with Gasteiger partial charge in [-0.3, -0.25) is 0 Å². The van der Waals surface area contributed by atoms with E-state index >= 15 is 0 Å². The average Bonchev–Trinajstić information content (AvgIpc) is 2.93. The third-order valence-electron chi connectivity index (χ3n) is 2.43. The van der Waals surface area contributed by atoms with Crippen LogP contribution in [0.2, 0.25) is 0 Å². The first kappa shape index (κ1) is 14.1. The van der Waals surface area contributed by atoms with Crippen molar-refractivity contribution in [2.75, 3.05) is 0 Å². The Kier molecular flexibility index (Phi) is 3.96. The molecule has 2 rings (SSSR count).